The minimum absolute atomic E-state index is 0.280. The van der Waals surface area contributed by atoms with Crippen molar-refractivity contribution in [3.63, 3.8) is 0 Å². The second-order valence-electron chi connectivity index (χ2n) is 3.33. The molecule has 1 fully saturated rings. The van der Waals surface area contributed by atoms with Gasteiger partial charge in [0.2, 0.25) is 5.95 Å². The molecular weight excluding hydrogens is 185 g/mol. The molecule has 0 saturated carbocycles. The third-order valence-electron chi connectivity index (χ3n) is 2.23. The number of nitrogens with zero attached hydrogens (tertiary/aromatic N) is 2. The largest absolute Gasteiger partial charge is 0.379 e. The Labute approximate surface area is 82.6 Å². The highest BCUT2D eigenvalue weighted by atomic mass is 19.1. The molecule has 2 rings (SSSR count). The van der Waals surface area contributed by atoms with E-state index >= 15 is 0 Å². The SMILES string of the molecule is CC1=CC=C(F)N(N2CCOCC2)N1. The summed E-state index contributed by atoms with van der Waals surface area (Å²) in [6.45, 7) is 4.61. The lowest BCUT2D eigenvalue weighted by atomic mass is 10.4. The summed E-state index contributed by atoms with van der Waals surface area (Å²) in [5.74, 6) is -0.280. The Kier molecular flexibility index (Phi) is 2.69. The van der Waals surface area contributed by atoms with Gasteiger partial charge in [0.15, 0.2) is 0 Å². The summed E-state index contributed by atoms with van der Waals surface area (Å²) < 4.78 is 18.6. The molecule has 14 heavy (non-hydrogen) atoms. The summed E-state index contributed by atoms with van der Waals surface area (Å²) in [4.78, 5) is 0. The third kappa shape index (κ3) is 1.88. The Bertz CT molecular complexity index is 271. The lowest BCUT2D eigenvalue weighted by Crippen LogP contribution is -2.53. The maximum Gasteiger partial charge on any atom is 0.223 e. The molecule has 2 aliphatic heterocycles. The summed E-state index contributed by atoms with van der Waals surface area (Å²) in [5, 5.41) is 3.34. The first-order valence-electron chi connectivity index (χ1n) is 4.71. The van der Waals surface area contributed by atoms with Gasteiger partial charge in [-0.25, -0.2) is 0 Å². The Morgan fingerprint density at radius 1 is 1.36 bits per heavy atom. The lowest BCUT2D eigenvalue weighted by Gasteiger charge is -2.38. The molecule has 0 aromatic rings. The maximum atomic E-state index is 13.4. The number of nitrogens with one attached hydrogen (secondary N) is 1. The first-order chi connectivity index (χ1) is 6.77. The second kappa shape index (κ2) is 3.98. The molecule has 1 saturated heterocycles. The average molecular weight is 199 g/mol. The van der Waals surface area contributed by atoms with E-state index in [1.807, 2.05) is 11.9 Å². The molecule has 4 nitrogen and oxygen atoms in total. The van der Waals surface area contributed by atoms with Crippen LogP contribution in [0.4, 0.5) is 4.39 Å². The molecule has 0 aliphatic carbocycles. The van der Waals surface area contributed by atoms with Gasteiger partial charge < -0.3 is 4.74 Å². The molecule has 1 N–H and O–H groups in total. The molecule has 0 amide bonds. The van der Waals surface area contributed by atoms with Crippen LogP contribution in [0, 0.1) is 0 Å². The van der Waals surface area contributed by atoms with E-state index in [1.54, 1.807) is 6.08 Å². The molecule has 0 aromatic heterocycles. The summed E-state index contributed by atoms with van der Waals surface area (Å²) >= 11 is 0. The zero-order valence-electron chi connectivity index (χ0n) is 8.16. The van der Waals surface area contributed by atoms with Gasteiger partial charge in [0.05, 0.1) is 13.2 Å². The molecule has 5 heteroatoms. The van der Waals surface area contributed by atoms with Gasteiger partial charge in [-0.2, -0.15) is 14.5 Å². The molecule has 0 unspecified atom stereocenters. The number of hydrogen-bond acceptors (Lipinski definition) is 4. The van der Waals surface area contributed by atoms with E-state index in [2.05, 4.69) is 5.43 Å². The Balaban J connectivity index is 2.03. The average Bonchev–Trinajstić information content (AvgIpc) is 2.23. The predicted octanol–water partition coefficient (Wildman–Crippen LogP) is 0.769. The minimum atomic E-state index is -0.280. The normalized spacial score (nSPS) is 24.0. The first kappa shape index (κ1) is 9.48. The summed E-state index contributed by atoms with van der Waals surface area (Å²) in [6, 6.07) is 0. The highest BCUT2D eigenvalue weighted by molar-refractivity contribution is 5.15. The van der Waals surface area contributed by atoms with Crippen molar-refractivity contribution in [2.24, 2.45) is 0 Å². The number of rotatable bonds is 1. The Hall–Kier alpha value is -1.07. The van der Waals surface area contributed by atoms with E-state index in [-0.39, 0.29) is 5.95 Å². The molecule has 0 atom stereocenters. The van der Waals surface area contributed by atoms with Crippen LogP contribution in [0.2, 0.25) is 0 Å². The van der Waals surface area contributed by atoms with Crippen LogP contribution in [0.15, 0.2) is 23.8 Å². The molecule has 2 aliphatic rings. The summed E-state index contributed by atoms with van der Waals surface area (Å²) in [5.41, 5.74) is 3.89. The van der Waals surface area contributed by atoms with Crippen molar-refractivity contribution in [2.75, 3.05) is 26.3 Å². The van der Waals surface area contributed by atoms with Gasteiger partial charge in [-0.15, -0.1) is 0 Å². The maximum absolute atomic E-state index is 13.4. The fourth-order valence-electron chi connectivity index (χ4n) is 1.48. The fraction of sp³-hybridized carbons (Fsp3) is 0.556. The lowest BCUT2D eigenvalue weighted by molar-refractivity contribution is -0.105. The van der Waals surface area contributed by atoms with Gasteiger partial charge in [0.1, 0.15) is 0 Å². The van der Waals surface area contributed by atoms with Crippen molar-refractivity contribution in [1.82, 2.24) is 15.6 Å². The monoisotopic (exact) mass is 199 g/mol. The Morgan fingerprint density at radius 3 is 2.79 bits per heavy atom. The third-order valence-corrected chi connectivity index (χ3v) is 2.23. The van der Waals surface area contributed by atoms with E-state index in [0.29, 0.717) is 26.3 Å². The molecule has 0 radical (unpaired) electrons. The second-order valence-corrected chi connectivity index (χ2v) is 3.33. The van der Waals surface area contributed by atoms with Gasteiger partial charge in [0.25, 0.3) is 0 Å². The summed E-state index contributed by atoms with van der Waals surface area (Å²) in [7, 11) is 0. The van der Waals surface area contributed by atoms with Crippen molar-refractivity contribution >= 4 is 0 Å². The van der Waals surface area contributed by atoms with Crippen molar-refractivity contribution in [3.8, 4) is 0 Å². The Morgan fingerprint density at radius 2 is 2.07 bits per heavy atom. The van der Waals surface area contributed by atoms with Gasteiger partial charge >= 0.3 is 0 Å². The van der Waals surface area contributed by atoms with Crippen LogP contribution in [0.3, 0.4) is 0 Å². The van der Waals surface area contributed by atoms with E-state index in [9.17, 15) is 4.39 Å². The van der Waals surface area contributed by atoms with Gasteiger partial charge in [-0.05, 0) is 19.1 Å². The number of morpholine rings is 1. The zero-order valence-corrected chi connectivity index (χ0v) is 8.16. The molecule has 0 spiro atoms. The highest BCUT2D eigenvalue weighted by Crippen LogP contribution is 2.14. The van der Waals surface area contributed by atoms with Crippen molar-refractivity contribution < 1.29 is 9.13 Å². The van der Waals surface area contributed by atoms with Crippen LogP contribution < -0.4 is 5.43 Å². The number of halogens is 1. The van der Waals surface area contributed by atoms with E-state index in [1.165, 1.54) is 11.2 Å². The quantitative estimate of drug-likeness (QED) is 0.631. The smallest absolute Gasteiger partial charge is 0.223 e. The predicted molar refractivity (Wildman–Crippen MR) is 50.3 cm³/mol. The van der Waals surface area contributed by atoms with Crippen LogP contribution in [0.1, 0.15) is 6.92 Å². The molecule has 78 valence electrons. The fourth-order valence-corrected chi connectivity index (χ4v) is 1.48. The van der Waals surface area contributed by atoms with E-state index in [0.717, 1.165) is 5.70 Å². The number of hydrogen-bond donors (Lipinski definition) is 1. The van der Waals surface area contributed by atoms with Gasteiger partial charge in [-0.1, -0.05) is 0 Å². The van der Waals surface area contributed by atoms with Crippen molar-refractivity contribution in [3.05, 3.63) is 23.8 Å². The van der Waals surface area contributed by atoms with Crippen LogP contribution >= 0.6 is 0 Å². The van der Waals surface area contributed by atoms with Crippen LogP contribution in [-0.4, -0.2) is 36.4 Å². The molecule has 0 aromatic carbocycles. The molecule has 0 bridgehead atoms. The minimum Gasteiger partial charge on any atom is -0.379 e. The standard InChI is InChI=1S/C9H14FN3O/c1-8-2-3-9(10)13(11-8)12-4-6-14-7-5-12/h2-3,11H,4-7H2,1H3. The van der Waals surface area contributed by atoms with Crippen molar-refractivity contribution in [2.45, 2.75) is 6.92 Å². The van der Waals surface area contributed by atoms with E-state index < -0.39 is 0 Å². The number of ether oxygens (including phenoxy) is 1. The summed E-state index contributed by atoms with van der Waals surface area (Å²) in [6.07, 6.45) is 3.17. The van der Waals surface area contributed by atoms with Gasteiger partial charge in [-0.3, -0.25) is 5.43 Å². The van der Waals surface area contributed by atoms with Crippen LogP contribution in [0.25, 0.3) is 0 Å². The van der Waals surface area contributed by atoms with Crippen LogP contribution in [-0.2, 0) is 4.74 Å². The topological polar surface area (TPSA) is 27.7 Å². The first-order valence-corrected chi connectivity index (χ1v) is 4.71. The number of hydrazine groups is 2. The van der Waals surface area contributed by atoms with Crippen molar-refractivity contribution in [1.29, 1.82) is 0 Å². The van der Waals surface area contributed by atoms with Gasteiger partial charge in [0, 0.05) is 18.8 Å². The zero-order chi connectivity index (χ0) is 9.97. The molecular formula is C9H14FN3O. The highest BCUT2D eigenvalue weighted by Gasteiger charge is 2.22. The molecule has 2 heterocycles. The van der Waals surface area contributed by atoms with E-state index in [4.69, 9.17) is 4.74 Å². The number of allylic oxidation sites excluding steroid dienone is 3. The van der Waals surface area contributed by atoms with Crippen LogP contribution in [0.5, 0.6) is 0 Å².